The van der Waals surface area contributed by atoms with Gasteiger partial charge in [0, 0.05) is 6.54 Å². The molecule has 3 heteroatoms. The van der Waals surface area contributed by atoms with Crippen molar-refractivity contribution in [1.29, 1.82) is 0 Å². The zero-order valence-electron chi connectivity index (χ0n) is 10.0. The Balaban J connectivity index is 2.52. The van der Waals surface area contributed by atoms with Crippen LogP contribution in [-0.4, -0.2) is 17.1 Å². The van der Waals surface area contributed by atoms with Crippen molar-refractivity contribution in [3.63, 3.8) is 0 Å². The second kappa shape index (κ2) is 5.66. The molecular formula is C13H19NO2. The summed E-state index contributed by atoms with van der Waals surface area (Å²) in [4.78, 5) is 10.6. The summed E-state index contributed by atoms with van der Waals surface area (Å²) in [6.07, 6.45) is 0. The van der Waals surface area contributed by atoms with E-state index in [1.807, 2.05) is 12.1 Å². The lowest BCUT2D eigenvalue weighted by atomic mass is 10.0. The maximum absolute atomic E-state index is 10.6. The topological polar surface area (TPSA) is 49.3 Å². The third-order valence-corrected chi connectivity index (χ3v) is 2.63. The van der Waals surface area contributed by atoms with Gasteiger partial charge in [0.05, 0.1) is 0 Å². The second-order valence-electron chi connectivity index (χ2n) is 4.34. The molecule has 0 heterocycles. The highest BCUT2D eigenvalue weighted by Crippen LogP contribution is 2.14. The van der Waals surface area contributed by atoms with E-state index in [9.17, 15) is 4.79 Å². The van der Waals surface area contributed by atoms with Gasteiger partial charge in [-0.3, -0.25) is 4.79 Å². The number of carboxylic acids is 1. The fourth-order valence-electron chi connectivity index (χ4n) is 1.38. The first kappa shape index (κ1) is 12.7. The minimum absolute atomic E-state index is 0.509. The fraction of sp³-hybridized carbons (Fsp3) is 0.462. The lowest BCUT2D eigenvalue weighted by Gasteiger charge is -2.10. The summed E-state index contributed by atoms with van der Waals surface area (Å²) in [7, 11) is 0. The van der Waals surface area contributed by atoms with Crippen LogP contribution in [0, 0.1) is 0 Å². The van der Waals surface area contributed by atoms with E-state index < -0.39 is 12.0 Å². The highest BCUT2D eigenvalue weighted by molar-refractivity contribution is 5.72. The summed E-state index contributed by atoms with van der Waals surface area (Å²) in [5.41, 5.74) is 2.41. The third-order valence-electron chi connectivity index (χ3n) is 2.63. The van der Waals surface area contributed by atoms with Crippen LogP contribution in [0.2, 0.25) is 0 Å². The van der Waals surface area contributed by atoms with Gasteiger partial charge in [-0.1, -0.05) is 38.1 Å². The number of benzene rings is 1. The zero-order valence-corrected chi connectivity index (χ0v) is 10.0. The van der Waals surface area contributed by atoms with Crippen LogP contribution in [0.1, 0.15) is 37.8 Å². The molecule has 0 saturated carbocycles. The zero-order chi connectivity index (χ0) is 12.1. The molecule has 1 atom stereocenters. The minimum atomic E-state index is -0.821. The van der Waals surface area contributed by atoms with Crippen LogP contribution in [0.15, 0.2) is 24.3 Å². The van der Waals surface area contributed by atoms with Gasteiger partial charge >= 0.3 is 5.97 Å². The van der Waals surface area contributed by atoms with Crippen molar-refractivity contribution in [2.24, 2.45) is 0 Å². The molecule has 3 nitrogen and oxygen atoms in total. The molecule has 2 N–H and O–H groups in total. The molecule has 0 aromatic heterocycles. The van der Waals surface area contributed by atoms with Gasteiger partial charge in [0.2, 0.25) is 0 Å². The molecule has 0 aliphatic rings. The second-order valence-corrected chi connectivity index (χ2v) is 4.34. The average Bonchev–Trinajstić information content (AvgIpc) is 2.26. The number of carbonyl (C=O) groups is 1. The van der Waals surface area contributed by atoms with Crippen LogP contribution in [-0.2, 0) is 11.3 Å². The number of carboxylic acid groups (broad SMARTS) is 1. The number of nitrogens with one attached hydrogen (secondary N) is 1. The molecule has 0 saturated heterocycles. The van der Waals surface area contributed by atoms with Crippen LogP contribution in [0.3, 0.4) is 0 Å². The SMILES string of the molecule is CC(C)c1ccc(CN[C@@H](C)C(=O)O)cc1. The first-order chi connectivity index (χ1) is 7.50. The van der Waals surface area contributed by atoms with Crippen LogP contribution in [0.4, 0.5) is 0 Å². The van der Waals surface area contributed by atoms with E-state index in [1.54, 1.807) is 6.92 Å². The first-order valence-electron chi connectivity index (χ1n) is 5.55. The summed E-state index contributed by atoms with van der Waals surface area (Å²) in [5, 5.41) is 11.7. The summed E-state index contributed by atoms with van der Waals surface area (Å²) in [6.45, 7) is 6.54. The summed E-state index contributed by atoms with van der Waals surface area (Å²) in [5.74, 6) is -0.293. The van der Waals surface area contributed by atoms with E-state index in [4.69, 9.17) is 5.11 Å². The Morgan fingerprint density at radius 3 is 2.25 bits per heavy atom. The van der Waals surface area contributed by atoms with Crippen molar-refractivity contribution < 1.29 is 9.90 Å². The van der Waals surface area contributed by atoms with E-state index in [1.165, 1.54) is 5.56 Å². The number of rotatable bonds is 5. The average molecular weight is 221 g/mol. The van der Waals surface area contributed by atoms with Crippen molar-refractivity contribution >= 4 is 5.97 Å². The molecule has 1 rings (SSSR count). The van der Waals surface area contributed by atoms with E-state index in [-0.39, 0.29) is 0 Å². The maximum Gasteiger partial charge on any atom is 0.320 e. The van der Waals surface area contributed by atoms with Gasteiger partial charge in [0.15, 0.2) is 0 Å². The molecule has 88 valence electrons. The molecular weight excluding hydrogens is 202 g/mol. The van der Waals surface area contributed by atoms with E-state index in [2.05, 4.69) is 31.3 Å². The molecule has 1 aromatic rings. The van der Waals surface area contributed by atoms with Gasteiger partial charge in [0.1, 0.15) is 6.04 Å². The molecule has 16 heavy (non-hydrogen) atoms. The van der Waals surface area contributed by atoms with Gasteiger partial charge in [-0.05, 0) is 24.0 Å². The van der Waals surface area contributed by atoms with Crippen LogP contribution in [0.25, 0.3) is 0 Å². The summed E-state index contributed by atoms with van der Waals surface area (Å²) < 4.78 is 0. The molecule has 0 unspecified atom stereocenters. The highest BCUT2D eigenvalue weighted by Gasteiger charge is 2.09. The largest absolute Gasteiger partial charge is 0.480 e. The number of hydrogen-bond donors (Lipinski definition) is 2. The molecule has 0 aliphatic carbocycles. The Morgan fingerprint density at radius 1 is 1.25 bits per heavy atom. The fourth-order valence-corrected chi connectivity index (χ4v) is 1.38. The van der Waals surface area contributed by atoms with Crippen LogP contribution < -0.4 is 5.32 Å². The van der Waals surface area contributed by atoms with Crippen molar-refractivity contribution in [3.05, 3.63) is 35.4 Å². The Bertz CT molecular complexity index is 343. The van der Waals surface area contributed by atoms with Crippen LogP contribution >= 0.6 is 0 Å². The maximum atomic E-state index is 10.6. The predicted octanol–water partition coefficient (Wildman–Crippen LogP) is 2.37. The van der Waals surface area contributed by atoms with E-state index in [0.717, 1.165) is 5.56 Å². The Morgan fingerprint density at radius 2 is 1.81 bits per heavy atom. The Hall–Kier alpha value is -1.35. The smallest absolute Gasteiger partial charge is 0.320 e. The van der Waals surface area contributed by atoms with Gasteiger partial charge in [-0.15, -0.1) is 0 Å². The lowest BCUT2D eigenvalue weighted by molar-refractivity contribution is -0.139. The van der Waals surface area contributed by atoms with E-state index >= 15 is 0 Å². The monoisotopic (exact) mass is 221 g/mol. The number of aliphatic carboxylic acids is 1. The molecule has 0 amide bonds. The number of hydrogen-bond acceptors (Lipinski definition) is 2. The normalized spacial score (nSPS) is 12.8. The van der Waals surface area contributed by atoms with Gasteiger partial charge in [-0.2, -0.15) is 0 Å². The van der Waals surface area contributed by atoms with Gasteiger partial charge < -0.3 is 10.4 Å². The van der Waals surface area contributed by atoms with Crippen molar-refractivity contribution in [3.8, 4) is 0 Å². The molecule has 0 fully saturated rings. The van der Waals surface area contributed by atoms with Crippen molar-refractivity contribution in [2.45, 2.75) is 39.3 Å². The van der Waals surface area contributed by atoms with Gasteiger partial charge in [-0.25, -0.2) is 0 Å². The Labute approximate surface area is 96.5 Å². The highest BCUT2D eigenvalue weighted by atomic mass is 16.4. The summed E-state index contributed by atoms with van der Waals surface area (Å²) in [6, 6.07) is 7.75. The van der Waals surface area contributed by atoms with Crippen molar-refractivity contribution in [1.82, 2.24) is 5.32 Å². The molecule has 1 aromatic carbocycles. The predicted molar refractivity (Wildman–Crippen MR) is 64.5 cm³/mol. The minimum Gasteiger partial charge on any atom is -0.480 e. The van der Waals surface area contributed by atoms with Gasteiger partial charge in [0.25, 0.3) is 0 Å². The van der Waals surface area contributed by atoms with E-state index in [0.29, 0.717) is 12.5 Å². The Kier molecular flexibility index (Phi) is 4.50. The third kappa shape index (κ3) is 3.66. The molecule has 0 bridgehead atoms. The molecule has 0 aliphatic heterocycles. The van der Waals surface area contributed by atoms with Crippen molar-refractivity contribution in [2.75, 3.05) is 0 Å². The quantitative estimate of drug-likeness (QED) is 0.802. The lowest BCUT2D eigenvalue weighted by Crippen LogP contribution is -2.33. The summed E-state index contributed by atoms with van der Waals surface area (Å²) >= 11 is 0. The molecule has 0 spiro atoms. The standard InChI is InChI=1S/C13H19NO2/c1-9(2)12-6-4-11(5-7-12)8-14-10(3)13(15)16/h4-7,9-10,14H,8H2,1-3H3,(H,15,16)/t10-/m0/s1. The van der Waals surface area contributed by atoms with Crippen LogP contribution in [0.5, 0.6) is 0 Å². The first-order valence-corrected chi connectivity index (χ1v) is 5.55. The molecule has 0 radical (unpaired) electrons.